The molecule has 1 radical (unpaired) electrons. The molecule has 1 N–H and O–H groups in total. The second-order valence-corrected chi connectivity index (χ2v) is 3.47. The van der Waals surface area contributed by atoms with Crippen LogP contribution < -0.4 is 5.32 Å². The van der Waals surface area contributed by atoms with Crippen molar-refractivity contribution >= 4 is 0 Å². The van der Waals surface area contributed by atoms with E-state index in [4.69, 9.17) is 4.74 Å². The Hall–Kier alpha value is 0.244. The summed E-state index contributed by atoms with van der Waals surface area (Å²) in [5, 5.41) is 3.30. The molecule has 1 aromatic carbocycles. The van der Waals surface area contributed by atoms with E-state index < -0.39 is 0 Å². The van der Waals surface area contributed by atoms with Gasteiger partial charge in [-0.25, -0.2) is 0 Å². The van der Waals surface area contributed by atoms with Crippen molar-refractivity contribution in [2.24, 2.45) is 0 Å². The molecule has 2 nitrogen and oxygen atoms in total. The molecule has 3 heteroatoms. The number of hydrogen-bond acceptors (Lipinski definition) is 2. The molecule has 0 aliphatic carbocycles. The molecule has 1 saturated heterocycles. The predicted molar refractivity (Wildman–Crippen MR) is 78.1 cm³/mol. The number of benzene rings is 1. The SMILES string of the molecule is CC.CC.[Y].[c-]1ccccc1CO[C-]1CCNCC1. The number of rotatable bonds is 3. The van der Waals surface area contributed by atoms with Crippen LogP contribution in [-0.4, -0.2) is 13.1 Å². The van der Waals surface area contributed by atoms with Crippen molar-refractivity contribution in [2.45, 2.75) is 47.1 Å². The van der Waals surface area contributed by atoms with Crippen LogP contribution in [0.3, 0.4) is 0 Å². The van der Waals surface area contributed by atoms with E-state index >= 15 is 0 Å². The molecule has 1 heterocycles. The van der Waals surface area contributed by atoms with Gasteiger partial charge in [0.25, 0.3) is 0 Å². The Morgan fingerprint density at radius 2 is 1.79 bits per heavy atom. The van der Waals surface area contributed by atoms with Gasteiger partial charge in [-0.3, -0.25) is 0 Å². The van der Waals surface area contributed by atoms with Gasteiger partial charge < -0.3 is 10.1 Å². The summed E-state index contributed by atoms with van der Waals surface area (Å²) in [5.41, 5.74) is 1.12. The third kappa shape index (κ3) is 10.7. The summed E-state index contributed by atoms with van der Waals surface area (Å²) in [6.07, 6.45) is 3.32. The van der Waals surface area contributed by atoms with Crippen molar-refractivity contribution in [3.63, 3.8) is 0 Å². The Kier molecular flexibility index (Phi) is 18.5. The van der Waals surface area contributed by atoms with Gasteiger partial charge in [0.15, 0.2) is 0 Å². The Bertz CT molecular complexity index is 261. The molecule has 1 aliphatic heterocycles. The molecule has 0 atom stereocenters. The maximum atomic E-state index is 5.71. The first kappa shape index (κ1) is 21.5. The second kappa shape index (κ2) is 16.3. The van der Waals surface area contributed by atoms with Crippen molar-refractivity contribution < 1.29 is 37.4 Å². The average molecular weight is 338 g/mol. The molecule has 19 heavy (non-hydrogen) atoms. The fraction of sp³-hybridized carbons (Fsp3) is 0.562. The monoisotopic (exact) mass is 338 g/mol. The molecule has 107 valence electrons. The summed E-state index contributed by atoms with van der Waals surface area (Å²) < 4.78 is 5.71. The number of nitrogens with one attached hydrogen (secondary N) is 1. The second-order valence-electron chi connectivity index (χ2n) is 3.47. The summed E-state index contributed by atoms with van der Waals surface area (Å²) in [6, 6.07) is 11.1. The van der Waals surface area contributed by atoms with Crippen molar-refractivity contribution in [3.05, 3.63) is 42.0 Å². The maximum absolute atomic E-state index is 5.71. The molecule has 0 unspecified atom stereocenters. The van der Waals surface area contributed by atoms with Crippen molar-refractivity contribution in [3.8, 4) is 0 Å². The zero-order valence-corrected chi connectivity index (χ0v) is 15.7. The van der Waals surface area contributed by atoms with Crippen LogP contribution in [0.4, 0.5) is 0 Å². The smallest absolute Gasteiger partial charge is 0.0146 e. The van der Waals surface area contributed by atoms with Crippen LogP contribution in [0.15, 0.2) is 24.3 Å². The first-order chi connectivity index (χ1) is 8.95. The quantitative estimate of drug-likeness (QED) is 0.842. The van der Waals surface area contributed by atoms with Gasteiger partial charge in [0.2, 0.25) is 0 Å². The Balaban J connectivity index is 0. The summed E-state index contributed by atoms with van der Waals surface area (Å²) in [5.74, 6) is 0. The van der Waals surface area contributed by atoms with E-state index in [2.05, 4.69) is 11.4 Å². The first-order valence-corrected chi connectivity index (χ1v) is 7.09. The molecule has 1 aromatic rings. The zero-order valence-electron chi connectivity index (χ0n) is 12.8. The largest absolute Gasteiger partial charge is 0.547 e. The van der Waals surface area contributed by atoms with Crippen LogP contribution >= 0.6 is 0 Å². The molecule has 1 fully saturated rings. The number of hydrogen-bond donors (Lipinski definition) is 1. The van der Waals surface area contributed by atoms with Crippen LogP contribution in [-0.2, 0) is 44.1 Å². The van der Waals surface area contributed by atoms with E-state index in [0.717, 1.165) is 31.5 Å². The molecule has 0 saturated carbocycles. The Morgan fingerprint density at radius 1 is 1.16 bits per heavy atom. The maximum Gasteiger partial charge on any atom is 0.0146 e. The Labute approximate surface area is 144 Å². The van der Waals surface area contributed by atoms with Gasteiger partial charge in [0, 0.05) is 39.3 Å². The van der Waals surface area contributed by atoms with E-state index in [1.807, 2.05) is 52.0 Å². The van der Waals surface area contributed by atoms with E-state index in [1.54, 1.807) is 0 Å². The normalized spacial score (nSPS) is 14.1. The minimum atomic E-state index is 0. The van der Waals surface area contributed by atoms with Gasteiger partial charge in [-0.2, -0.15) is 36.4 Å². The third-order valence-corrected chi connectivity index (χ3v) is 2.37. The molecule has 0 amide bonds. The summed E-state index contributed by atoms with van der Waals surface area (Å²) in [7, 11) is 0. The van der Waals surface area contributed by atoms with Crippen molar-refractivity contribution in [1.29, 1.82) is 0 Å². The number of piperidine rings is 1. The first-order valence-electron chi connectivity index (χ1n) is 7.09. The molecule has 0 aromatic heterocycles. The topological polar surface area (TPSA) is 21.3 Å². The zero-order chi connectivity index (χ0) is 13.6. The minimum absolute atomic E-state index is 0. The predicted octanol–water partition coefficient (Wildman–Crippen LogP) is 3.97. The average Bonchev–Trinajstić information content (AvgIpc) is 2.51. The molecule has 0 bridgehead atoms. The number of ether oxygens (including phenoxy) is 1. The van der Waals surface area contributed by atoms with Gasteiger partial charge in [0.1, 0.15) is 0 Å². The van der Waals surface area contributed by atoms with Crippen molar-refractivity contribution in [2.75, 3.05) is 13.1 Å². The van der Waals surface area contributed by atoms with Gasteiger partial charge >= 0.3 is 0 Å². The molecule has 0 spiro atoms. The van der Waals surface area contributed by atoms with E-state index in [-0.39, 0.29) is 32.7 Å². The summed E-state index contributed by atoms with van der Waals surface area (Å²) >= 11 is 0. The summed E-state index contributed by atoms with van der Waals surface area (Å²) in [6.45, 7) is 10.8. The molecular formula is C16H27NOY-2. The van der Waals surface area contributed by atoms with Gasteiger partial charge in [-0.05, 0) is 13.1 Å². The van der Waals surface area contributed by atoms with Gasteiger partial charge in [-0.1, -0.05) is 27.7 Å². The standard InChI is InChI=1S/C12H15NO.2C2H6.Y/c1-2-4-11(5-3-1)10-14-12-6-8-13-9-7-12;2*1-2;/h1-4,13H,6-10H2;2*1-2H3;/q-2;;;. The van der Waals surface area contributed by atoms with E-state index in [9.17, 15) is 0 Å². The molecule has 1 aliphatic rings. The fourth-order valence-corrected chi connectivity index (χ4v) is 1.55. The molecule has 2 rings (SSSR count). The summed E-state index contributed by atoms with van der Waals surface area (Å²) in [4.78, 5) is 0. The van der Waals surface area contributed by atoms with Crippen LogP contribution in [0.5, 0.6) is 0 Å². The van der Waals surface area contributed by atoms with E-state index in [1.165, 1.54) is 6.10 Å². The third-order valence-electron chi connectivity index (χ3n) is 2.37. The fourth-order valence-electron chi connectivity index (χ4n) is 1.55. The van der Waals surface area contributed by atoms with Crippen LogP contribution in [0, 0.1) is 12.2 Å². The van der Waals surface area contributed by atoms with Crippen molar-refractivity contribution in [1.82, 2.24) is 5.32 Å². The minimum Gasteiger partial charge on any atom is -0.547 e. The van der Waals surface area contributed by atoms with Crippen LogP contribution in [0.1, 0.15) is 46.1 Å². The van der Waals surface area contributed by atoms with Crippen LogP contribution in [0.2, 0.25) is 0 Å². The van der Waals surface area contributed by atoms with Gasteiger partial charge in [-0.15, -0.1) is 18.4 Å². The van der Waals surface area contributed by atoms with Gasteiger partial charge in [0.05, 0.1) is 0 Å². The van der Waals surface area contributed by atoms with E-state index in [0.29, 0.717) is 6.61 Å². The Morgan fingerprint density at radius 3 is 2.32 bits per heavy atom. The van der Waals surface area contributed by atoms with Crippen LogP contribution in [0.25, 0.3) is 0 Å². The molecular weight excluding hydrogens is 311 g/mol.